The summed E-state index contributed by atoms with van der Waals surface area (Å²) in [6.45, 7) is 3.60. The van der Waals surface area contributed by atoms with Crippen LogP contribution in [0.4, 0.5) is 24.1 Å². The summed E-state index contributed by atoms with van der Waals surface area (Å²) in [7, 11) is 0. The van der Waals surface area contributed by atoms with Crippen LogP contribution in [0.25, 0.3) is 0 Å². The van der Waals surface area contributed by atoms with Crippen LogP contribution in [0.2, 0.25) is 0 Å². The van der Waals surface area contributed by atoms with Gasteiger partial charge in [0, 0.05) is 36.3 Å². The van der Waals surface area contributed by atoms with Crippen LogP contribution in [0.3, 0.4) is 0 Å². The third-order valence-electron chi connectivity index (χ3n) is 3.61. The summed E-state index contributed by atoms with van der Waals surface area (Å²) in [5.41, 5.74) is -0.932. The SMILES string of the molecule is Cc1cnc(N2CCCC(Nc3cc(C(F)(F)F)ncn3)C2)s1. The molecule has 3 rings (SSSR count). The van der Waals surface area contributed by atoms with E-state index in [1.807, 2.05) is 13.1 Å². The molecule has 9 heteroatoms. The molecule has 1 fully saturated rings. The molecule has 0 bridgehead atoms. The van der Waals surface area contributed by atoms with E-state index in [2.05, 4.69) is 25.2 Å². The van der Waals surface area contributed by atoms with Crippen LogP contribution in [0.1, 0.15) is 23.4 Å². The Bertz CT molecular complexity index is 672. The van der Waals surface area contributed by atoms with Crippen LogP contribution in [0, 0.1) is 6.92 Å². The Morgan fingerprint density at radius 2 is 2.13 bits per heavy atom. The van der Waals surface area contributed by atoms with E-state index in [0.29, 0.717) is 6.54 Å². The molecule has 124 valence electrons. The predicted octanol–water partition coefficient (Wildman–Crippen LogP) is 3.34. The fraction of sp³-hybridized carbons (Fsp3) is 0.500. The van der Waals surface area contributed by atoms with Gasteiger partial charge in [0.2, 0.25) is 0 Å². The van der Waals surface area contributed by atoms with E-state index in [0.717, 1.165) is 41.8 Å². The zero-order chi connectivity index (χ0) is 16.4. The molecular weight excluding hydrogens is 327 g/mol. The maximum absolute atomic E-state index is 12.7. The Balaban J connectivity index is 1.68. The van der Waals surface area contributed by atoms with E-state index in [-0.39, 0.29) is 11.9 Å². The third kappa shape index (κ3) is 3.90. The number of nitrogens with zero attached hydrogens (tertiary/aromatic N) is 4. The van der Waals surface area contributed by atoms with Crippen molar-refractivity contribution in [2.75, 3.05) is 23.3 Å². The first kappa shape index (κ1) is 16.0. The first-order valence-electron chi connectivity index (χ1n) is 7.25. The molecule has 23 heavy (non-hydrogen) atoms. The number of thiazole rings is 1. The lowest BCUT2D eigenvalue weighted by Crippen LogP contribution is -2.42. The van der Waals surface area contributed by atoms with Crippen LogP contribution < -0.4 is 10.2 Å². The second kappa shape index (κ2) is 6.31. The van der Waals surface area contributed by atoms with Crippen molar-refractivity contribution in [3.63, 3.8) is 0 Å². The standard InChI is InChI=1S/C14H16F3N5S/c1-9-6-18-13(23-9)22-4-2-3-10(7-22)21-12-5-11(14(15,16)17)19-8-20-12/h5-6,8,10H,2-4,7H2,1H3,(H,19,20,21). The summed E-state index contributed by atoms with van der Waals surface area (Å²) < 4.78 is 38.1. The number of anilines is 2. The molecule has 0 aromatic carbocycles. The smallest absolute Gasteiger partial charge is 0.365 e. The molecule has 0 amide bonds. The van der Waals surface area contributed by atoms with E-state index < -0.39 is 11.9 Å². The van der Waals surface area contributed by atoms with Gasteiger partial charge in [0.25, 0.3) is 0 Å². The second-order valence-corrected chi connectivity index (χ2v) is 6.68. The van der Waals surface area contributed by atoms with Crippen molar-refractivity contribution in [3.8, 4) is 0 Å². The molecule has 0 spiro atoms. The molecule has 3 heterocycles. The summed E-state index contributed by atoms with van der Waals surface area (Å²) in [5.74, 6) is 0.203. The van der Waals surface area contributed by atoms with Gasteiger partial charge in [0.15, 0.2) is 5.13 Å². The van der Waals surface area contributed by atoms with Crippen molar-refractivity contribution in [2.24, 2.45) is 0 Å². The quantitative estimate of drug-likeness (QED) is 0.926. The van der Waals surface area contributed by atoms with Gasteiger partial charge in [-0.3, -0.25) is 0 Å². The van der Waals surface area contributed by atoms with Crippen molar-refractivity contribution in [1.29, 1.82) is 0 Å². The Morgan fingerprint density at radius 1 is 1.30 bits per heavy atom. The maximum atomic E-state index is 12.7. The lowest BCUT2D eigenvalue weighted by molar-refractivity contribution is -0.141. The highest BCUT2D eigenvalue weighted by atomic mass is 32.1. The lowest BCUT2D eigenvalue weighted by atomic mass is 10.1. The van der Waals surface area contributed by atoms with Crippen LogP contribution in [-0.2, 0) is 6.18 Å². The topological polar surface area (TPSA) is 53.9 Å². The normalized spacial score (nSPS) is 19.0. The van der Waals surface area contributed by atoms with Gasteiger partial charge in [-0.15, -0.1) is 11.3 Å². The summed E-state index contributed by atoms with van der Waals surface area (Å²) >= 11 is 1.62. The van der Waals surface area contributed by atoms with Gasteiger partial charge >= 0.3 is 6.18 Å². The summed E-state index contributed by atoms with van der Waals surface area (Å²) in [6.07, 6.45) is 0.142. The van der Waals surface area contributed by atoms with Crippen LogP contribution >= 0.6 is 11.3 Å². The molecule has 1 atom stereocenters. The largest absolute Gasteiger partial charge is 0.433 e. The highest BCUT2D eigenvalue weighted by Gasteiger charge is 2.33. The van der Waals surface area contributed by atoms with Gasteiger partial charge in [-0.2, -0.15) is 13.2 Å². The van der Waals surface area contributed by atoms with Crippen molar-refractivity contribution in [1.82, 2.24) is 15.0 Å². The van der Waals surface area contributed by atoms with Gasteiger partial charge in [-0.05, 0) is 19.8 Å². The minimum absolute atomic E-state index is 0.0314. The van der Waals surface area contributed by atoms with Crippen LogP contribution in [0.5, 0.6) is 0 Å². The van der Waals surface area contributed by atoms with Gasteiger partial charge < -0.3 is 10.2 Å². The molecule has 0 radical (unpaired) electrons. The molecular formula is C14H16F3N5S. The number of alkyl halides is 3. The van der Waals surface area contributed by atoms with Gasteiger partial charge in [-0.1, -0.05) is 0 Å². The number of aromatic nitrogens is 3. The summed E-state index contributed by atoms with van der Waals surface area (Å²) in [6, 6.07) is 0.982. The van der Waals surface area contributed by atoms with E-state index in [1.165, 1.54) is 0 Å². The predicted molar refractivity (Wildman–Crippen MR) is 82.7 cm³/mol. The monoisotopic (exact) mass is 343 g/mol. The van der Waals surface area contributed by atoms with Crippen LogP contribution in [-0.4, -0.2) is 34.1 Å². The van der Waals surface area contributed by atoms with Crippen molar-refractivity contribution < 1.29 is 13.2 Å². The number of rotatable bonds is 3. The number of hydrogen-bond donors (Lipinski definition) is 1. The fourth-order valence-corrected chi connectivity index (χ4v) is 3.35. The highest BCUT2D eigenvalue weighted by molar-refractivity contribution is 7.15. The minimum atomic E-state index is -4.46. The molecule has 0 saturated carbocycles. The van der Waals surface area contributed by atoms with E-state index >= 15 is 0 Å². The Kier molecular flexibility index (Phi) is 4.38. The molecule has 2 aromatic heterocycles. The highest BCUT2D eigenvalue weighted by Crippen LogP contribution is 2.29. The molecule has 1 N–H and O–H groups in total. The number of hydrogen-bond acceptors (Lipinski definition) is 6. The number of piperidine rings is 1. The van der Waals surface area contributed by atoms with E-state index in [4.69, 9.17) is 0 Å². The van der Waals surface area contributed by atoms with Gasteiger partial charge in [0.05, 0.1) is 0 Å². The first-order valence-corrected chi connectivity index (χ1v) is 8.06. The zero-order valence-electron chi connectivity index (χ0n) is 12.5. The molecule has 0 aliphatic carbocycles. The average Bonchev–Trinajstić information content (AvgIpc) is 2.94. The summed E-state index contributed by atoms with van der Waals surface area (Å²) in [4.78, 5) is 14.8. The molecule has 5 nitrogen and oxygen atoms in total. The molecule has 1 aliphatic rings. The Labute approximate surface area is 135 Å². The third-order valence-corrected chi connectivity index (χ3v) is 4.58. The van der Waals surface area contributed by atoms with E-state index in [9.17, 15) is 13.2 Å². The fourth-order valence-electron chi connectivity index (χ4n) is 2.56. The lowest BCUT2D eigenvalue weighted by Gasteiger charge is -2.33. The molecule has 2 aromatic rings. The molecule has 1 aliphatic heterocycles. The first-order chi connectivity index (χ1) is 10.9. The average molecular weight is 343 g/mol. The maximum Gasteiger partial charge on any atom is 0.433 e. The Hall–Kier alpha value is -1.90. The molecule has 1 unspecified atom stereocenters. The molecule has 1 saturated heterocycles. The zero-order valence-corrected chi connectivity index (χ0v) is 13.3. The van der Waals surface area contributed by atoms with Crippen LogP contribution in [0.15, 0.2) is 18.6 Å². The number of halogens is 3. The van der Waals surface area contributed by atoms with Crippen molar-refractivity contribution in [3.05, 3.63) is 29.2 Å². The van der Waals surface area contributed by atoms with Gasteiger partial charge in [0.1, 0.15) is 17.8 Å². The van der Waals surface area contributed by atoms with Gasteiger partial charge in [-0.25, -0.2) is 15.0 Å². The second-order valence-electron chi connectivity index (χ2n) is 5.47. The van der Waals surface area contributed by atoms with E-state index in [1.54, 1.807) is 11.3 Å². The summed E-state index contributed by atoms with van der Waals surface area (Å²) in [5, 5.41) is 4.04. The van der Waals surface area contributed by atoms with Crippen molar-refractivity contribution in [2.45, 2.75) is 32.0 Å². The minimum Gasteiger partial charge on any atom is -0.365 e. The number of nitrogens with one attached hydrogen (secondary N) is 1. The Morgan fingerprint density at radius 3 is 2.83 bits per heavy atom. The number of aryl methyl sites for hydroxylation is 1. The van der Waals surface area contributed by atoms with Crippen molar-refractivity contribution >= 4 is 22.3 Å².